The molecule has 174 valence electrons. The van der Waals surface area contributed by atoms with Gasteiger partial charge in [-0.15, -0.1) is 0 Å². The van der Waals surface area contributed by atoms with Crippen LogP contribution in [0, 0.1) is 0 Å². The van der Waals surface area contributed by atoms with Crippen LogP contribution >= 0.6 is 18.7 Å². The highest BCUT2D eigenvalue weighted by atomic mass is 35.5. The van der Waals surface area contributed by atoms with Gasteiger partial charge in [-0.05, 0) is 56.9 Å². The van der Waals surface area contributed by atoms with Crippen LogP contribution in [0.5, 0.6) is 5.88 Å². The van der Waals surface area contributed by atoms with Crippen LogP contribution < -0.4 is 25.6 Å². The Bertz CT molecular complexity index is 1180. The molecule has 0 saturated carbocycles. The lowest BCUT2D eigenvalue weighted by Crippen LogP contribution is -2.30. The average Bonchev–Trinajstić information content (AvgIpc) is 2.81. The molecular formula is C23H28ClN6O2P. The predicted molar refractivity (Wildman–Crippen MR) is 136 cm³/mol. The molecule has 33 heavy (non-hydrogen) atoms. The van der Waals surface area contributed by atoms with Crippen molar-refractivity contribution in [3.8, 4) is 5.88 Å². The van der Waals surface area contributed by atoms with Gasteiger partial charge in [0.2, 0.25) is 11.8 Å². The van der Waals surface area contributed by atoms with Gasteiger partial charge in [0.1, 0.15) is 23.7 Å². The zero-order valence-corrected chi connectivity index (χ0v) is 20.7. The zero-order valence-electron chi connectivity index (χ0n) is 19.0. The third kappa shape index (κ3) is 5.57. The van der Waals surface area contributed by atoms with Crippen LogP contribution in [0.15, 0.2) is 42.6 Å². The first-order chi connectivity index (χ1) is 15.8. The molecule has 1 aromatic carbocycles. The molecule has 2 aromatic heterocycles. The normalized spacial score (nSPS) is 14.1. The number of ether oxygens (including phenoxy) is 1. The predicted octanol–water partition coefficient (Wildman–Crippen LogP) is 5.26. The number of methoxy groups -OCH3 is 1. The van der Waals surface area contributed by atoms with Crippen LogP contribution in [0.1, 0.15) is 19.3 Å². The summed E-state index contributed by atoms with van der Waals surface area (Å²) < 4.78 is 18.2. The average molecular weight is 487 g/mol. The number of piperidine rings is 1. The minimum Gasteiger partial charge on any atom is -0.479 e. The summed E-state index contributed by atoms with van der Waals surface area (Å²) in [4.78, 5) is 15.8. The summed E-state index contributed by atoms with van der Waals surface area (Å²) in [5.74, 6) is 2.11. The maximum absolute atomic E-state index is 12.7. The number of para-hydroxylation sites is 1. The van der Waals surface area contributed by atoms with Crippen molar-refractivity contribution in [2.75, 3.05) is 49.1 Å². The summed E-state index contributed by atoms with van der Waals surface area (Å²) in [6.45, 7) is 5.47. The molecule has 1 saturated heterocycles. The summed E-state index contributed by atoms with van der Waals surface area (Å²) in [6.07, 6.45) is 5.12. The number of benzene rings is 1. The molecule has 8 nitrogen and oxygen atoms in total. The first kappa shape index (κ1) is 23.3. The van der Waals surface area contributed by atoms with Gasteiger partial charge in [-0.25, -0.2) is 4.98 Å². The van der Waals surface area contributed by atoms with E-state index in [2.05, 4.69) is 30.5 Å². The summed E-state index contributed by atoms with van der Waals surface area (Å²) in [7, 11) is -0.904. The number of halogens is 1. The first-order valence-corrected chi connectivity index (χ1v) is 13.8. The van der Waals surface area contributed by atoms with Crippen LogP contribution in [0.2, 0.25) is 5.02 Å². The number of anilines is 5. The minimum atomic E-state index is -2.50. The van der Waals surface area contributed by atoms with Crippen LogP contribution in [0.25, 0.3) is 0 Å². The maximum atomic E-state index is 12.7. The van der Waals surface area contributed by atoms with E-state index in [4.69, 9.17) is 16.3 Å². The number of hydrogen-bond acceptors (Lipinski definition) is 8. The highest BCUT2D eigenvalue weighted by molar-refractivity contribution is 7.70. The van der Waals surface area contributed by atoms with Crippen LogP contribution in [-0.2, 0) is 4.57 Å². The fraction of sp³-hybridized carbons (Fsp3) is 0.348. The maximum Gasteiger partial charge on any atom is 0.239 e. The second kappa shape index (κ2) is 9.98. The van der Waals surface area contributed by atoms with Gasteiger partial charge >= 0.3 is 0 Å². The second-order valence-electron chi connectivity index (χ2n) is 8.28. The van der Waals surface area contributed by atoms with Crippen molar-refractivity contribution in [2.24, 2.45) is 0 Å². The highest BCUT2D eigenvalue weighted by Gasteiger charge is 2.18. The number of nitrogens with one attached hydrogen (secondary N) is 2. The van der Waals surface area contributed by atoms with E-state index in [9.17, 15) is 4.57 Å². The number of nitrogens with zero attached hydrogens (tertiary/aromatic N) is 4. The number of pyridine rings is 1. The molecule has 0 unspecified atom stereocenters. The molecule has 0 bridgehead atoms. The van der Waals surface area contributed by atoms with Gasteiger partial charge in [-0.1, -0.05) is 23.7 Å². The molecule has 1 fully saturated rings. The first-order valence-electron chi connectivity index (χ1n) is 10.9. The van der Waals surface area contributed by atoms with Gasteiger partial charge in [-0.2, -0.15) is 9.97 Å². The van der Waals surface area contributed by atoms with E-state index in [0.717, 1.165) is 24.2 Å². The topological polar surface area (TPSA) is 92.3 Å². The summed E-state index contributed by atoms with van der Waals surface area (Å²) in [6, 6.07) is 11.3. The van der Waals surface area contributed by atoms with Crippen molar-refractivity contribution < 1.29 is 9.30 Å². The summed E-state index contributed by atoms with van der Waals surface area (Å²) >= 11 is 6.35. The lowest BCUT2D eigenvalue weighted by Gasteiger charge is -2.28. The number of hydrogen-bond donors (Lipinski definition) is 2. The fourth-order valence-corrected chi connectivity index (χ4v) is 5.09. The Kier molecular flexibility index (Phi) is 7.05. The molecule has 0 spiro atoms. The molecule has 3 heterocycles. The van der Waals surface area contributed by atoms with Crippen molar-refractivity contribution >= 4 is 53.0 Å². The van der Waals surface area contributed by atoms with Crippen molar-refractivity contribution in [1.82, 2.24) is 15.0 Å². The van der Waals surface area contributed by atoms with E-state index in [1.165, 1.54) is 25.5 Å². The van der Waals surface area contributed by atoms with Gasteiger partial charge in [0.05, 0.1) is 19.0 Å². The Morgan fingerprint density at radius 2 is 1.76 bits per heavy atom. The molecule has 0 radical (unpaired) electrons. The van der Waals surface area contributed by atoms with E-state index < -0.39 is 7.14 Å². The van der Waals surface area contributed by atoms with Crippen molar-refractivity contribution in [2.45, 2.75) is 19.3 Å². The van der Waals surface area contributed by atoms with Crippen molar-refractivity contribution in [3.05, 3.63) is 47.6 Å². The zero-order chi connectivity index (χ0) is 23.4. The molecule has 0 atom stereocenters. The fourth-order valence-electron chi connectivity index (χ4n) is 3.79. The molecule has 10 heteroatoms. The van der Waals surface area contributed by atoms with E-state index in [1.54, 1.807) is 20.4 Å². The smallest absolute Gasteiger partial charge is 0.239 e. The monoisotopic (exact) mass is 486 g/mol. The number of rotatable bonds is 7. The molecule has 3 aromatic rings. The van der Waals surface area contributed by atoms with Crippen molar-refractivity contribution in [3.63, 3.8) is 0 Å². The Morgan fingerprint density at radius 1 is 1.00 bits per heavy atom. The van der Waals surface area contributed by atoms with Gasteiger partial charge in [0.15, 0.2) is 5.82 Å². The second-order valence-corrected chi connectivity index (χ2v) is 11.9. The summed E-state index contributed by atoms with van der Waals surface area (Å²) in [5.41, 5.74) is 1.35. The van der Waals surface area contributed by atoms with E-state index in [-0.39, 0.29) is 0 Å². The molecule has 0 aliphatic carbocycles. The molecule has 2 N–H and O–H groups in total. The Labute approximate surface area is 199 Å². The van der Waals surface area contributed by atoms with Crippen LogP contribution in [0.4, 0.5) is 29.0 Å². The molecule has 1 aliphatic heterocycles. The molecule has 1 aliphatic rings. The SMILES string of the molecule is COc1nc(N2CCCCC2)ccc1Nc1ncc(Cl)c(Nc2ccccc2P(C)(C)=O)n1. The Hall–Kier alpha value is -2.83. The lowest BCUT2D eigenvalue weighted by molar-refractivity contribution is 0.399. The third-order valence-corrected chi connectivity index (χ3v) is 7.27. The quantitative estimate of drug-likeness (QED) is 0.437. The van der Waals surface area contributed by atoms with Gasteiger partial charge in [0, 0.05) is 18.4 Å². The van der Waals surface area contributed by atoms with Crippen molar-refractivity contribution in [1.29, 1.82) is 0 Å². The molecular weight excluding hydrogens is 459 g/mol. The highest BCUT2D eigenvalue weighted by Crippen LogP contribution is 2.38. The third-order valence-electron chi connectivity index (χ3n) is 5.45. The minimum absolute atomic E-state index is 0.335. The van der Waals surface area contributed by atoms with Gasteiger partial charge in [0.25, 0.3) is 0 Å². The van der Waals surface area contributed by atoms with E-state index in [1.807, 2.05) is 36.4 Å². The van der Waals surface area contributed by atoms with E-state index in [0.29, 0.717) is 34.0 Å². The van der Waals surface area contributed by atoms with Crippen LogP contribution in [-0.4, -0.2) is 48.5 Å². The largest absolute Gasteiger partial charge is 0.479 e. The Balaban J connectivity index is 1.58. The van der Waals surface area contributed by atoms with Crippen LogP contribution in [0.3, 0.4) is 0 Å². The summed E-state index contributed by atoms with van der Waals surface area (Å²) in [5, 5.41) is 7.46. The molecule has 0 amide bonds. The molecule has 4 rings (SSSR count). The van der Waals surface area contributed by atoms with E-state index >= 15 is 0 Å². The Morgan fingerprint density at radius 3 is 2.48 bits per heavy atom. The van der Waals surface area contributed by atoms with Gasteiger partial charge < -0.3 is 24.8 Å². The number of aromatic nitrogens is 3. The van der Waals surface area contributed by atoms with Gasteiger partial charge in [-0.3, -0.25) is 0 Å². The standard InChI is InChI=1S/C23H28ClN6O2P/c1-32-22-18(11-12-20(28-22)30-13-7-4-8-14-30)27-23-25-15-16(24)21(29-23)26-17-9-5-6-10-19(17)33(2,3)31/h5-6,9-12,15H,4,7-8,13-14H2,1-3H3,(H2,25,26,27,29). The lowest BCUT2D eigenvalue weighted by atomic mass is 10.1.